The van der Waals surface area contributed by atoms with Crippen LogP contribution < -0.4 is 5.32 Å². The number of rotatable bonds is 3. The summed E-state index contributed by atoms with van der Waals surface area (Å²) in [7, 11) is 0. The van der Waals surface area contributed by atoms with E-state index in [-0.39, 0.29) is 18.0 Å². The van der Waals surface area contributed by atoms with Crippen LogP contribution in [0, 0.1) is 5.41 Å². The summed E-state index contributed by atoms with van der Waals surface area (Å²) in [6, 6.07) is -0.651. The van der Waals surface area contributed by atoms with E-state index >= 15 is 0 Å². The first-order chi connectivity index (χ1) is 12.3. The molecular weight excluding hydrogens is 348 g/mol. The molecule has 0 aliphatic carbocycles. The average Bonchev–Trinajstić information content (AvgIpc) is 2.95. The highest BCUT2D eigenvalue weighted by Crippen LogP contribution is 2.32. The van der Waals surface area contributed by atoms with Crippen LogP contribution in [-0.4, -0.2) is 81.6 Å². The first-order valence-corrected chi connectivity index (χ1v) is 9.69. The maximum Gasteiger partial charge on any atom is 0.408 e. The molecule has 2 N–H and O–H groups in total. The normalized spacial score (nSPS) is 20.4. The molecule has 2 aliphatic heterocycles. The maximum absolute atomic E-state index is 13.4. The number of urea groups is 1. The molecule has 0 spiro atoms. The number of hydrogen-bond donors (Lipinski definition) is 2. The lowest BCUT2D eigenvalue weighted by atomic mass is 9.82. The van der Waals surface area contributed by atoms with Gasteiger partial charge in [-0.2, -0.15) is 0 Å². The number of nitrogens with zero attached hydrogens (tertiary/aromatic N) is 3. The molecule has 154 valence electrons. The predicted octanol–water partition coefficient (Wildman–Crippen LogP) is 2.20. The lowest BCUT2D eigenvalue weighted by Crippen LogP contribution is -2.63. The summed E-state index contributed by atoms with van der Waals surface area (Å²) in [5.41, 5.74) is -1.22. The topological polar surface area (TPSA) is 93.2 Å². The molecule has 27 heavy (non-hydrogen) atoms. The molecule has 0 bridgehead atoms. The van der Waals surface area contributed by atoms with Gasteiger partial charge in [-0.3, -0.25) is 9.69 Å². The summed E-state index contributed by atoms with van der Waals surface area (Å²) in [4.78, 5) is 42.1. The van der Waals surface area contributed by atoms with Gasteiger partial charge in [-0.25, -0.2) is 9.59 Å². The van der Waals surface area contributed by atoms with Gasteiger partial charge in [-0.05, 0) is 39.0 Å². The van der Waals surface area contributed by atoms with Crippen LogP contribution in [0.3, 0.4) is 0 Å². The zero-order chi connectivity index (χ0) is 20.6. The predicted molar refractivity (Wildman–Crippen MR) is 103 cm³/mol. The van der Waals surface area contributed by atoms with Gasteiger partial charge in [0.1, 0.15) is 6.04 Å². The standard InChI is InChI=1S/C19H34N4O4/c1-18(2,3)14(23(17(26)27)19(4,5)6)15(24)21-10-7-13(8-11-21)22-12-9-20-16(22)25/h13-14H,7-12H2,1-6H3,(H,20,25)(H,26,27)/t14-/m0/s1. The molecule has 0 aromatic heterocycles. The van der Waals surface area contributed by atoms with Crippen molar-refractivity contribution in [1.82, 2.24) is 20.0 Å². The molecular formula is C19H34N4O4. The Labute approximate surface area is 161 Å². The fourth-order valence-corrected chi connectivity index (χ4v) is 4.06. The average molecular weight is 383 g/mol. The number of carbonyl (C=O) groups is 3. The fourth-order valence-electron chi connectivity index (χ4n) is 4.06. The zero-order valence-electron chi connectivity index (χ0n) is 17.4. The molecule has 8 nitrogen and oxygen atoms in total. The van der Waals surface area contributed by atoms with Crippen LogP contribution in [0.15, 0.2) is 0 Å². The third kappa shape index (κ3) is 4.65. The summed E-state index contributed by atoms with van der Waals surface area (Å²) < 4.78 is 0. The van der Waals surface area contributed by atoms with Crippen molar-refractivity contribution >= 4 is 18.0 Å². The van der Waals surface area contributed by atoms with E-state index in [2.05, 4.69) is 5.32 Å². The monoisotopic (exact) mass is 382 g/mol. The number of amides is 4. The fraction of sp³-hybridized carbons (Fsp3) is 0.842. The van der Waals surface area contributed by atoms with Crippen molar-refractivity contribution in [3.63, 3.8) is 0 Å². The van der Waals surface area contributed by atoms with Crippen molar-refractivity contribution in [2.24, 2.45) is 5.41 Å². The van der Waals surface area contributed by atoms with Crippen LogP contribution in [0.1, 0.15) is 54.4 Å². The van der Waals surface area contributed by atoms with Crippen LogP contribution in [0.25, 0.3) is 0 Å². The van der Waals surface area contributed by atoms with Crippen LogP contribution in [0.4, 0.5) is 9.59 Å². The number of likely N-dealkylation sites (tertiary alicyclic amines) is 1. The lowest BCUT2D eigenvalue weighted by Gasteiger charge is -2.47. The molecule has 1 atom stereocenters. The maximum atomic E-state index is 13.4. The highest BCUT2D eigenvalue weighted by Gasteiger charge is 2.46. The van der Waals surface area contributed by atoms with Crippen molar-refractivity contribution in [2.45, 2.75) is 72.0 Å². The number of hydrogen-bond acceptors (Lipinski definition) is 3. The van der Waals surface area contributed by atoms with Gasteiger partial charge in [0.15, 0.2) is 0 Å². The van der Waals surface area contributed by atoms with Crippen LogP contribution in [0.2, 0.25) is 0 Å². The van der Waals surface area contributed by atoms with Crippen molar-refractivity contribution in [3.05, 3.63) is 0 Å². The summed E-state index contributed by atoms with van der Waals surface area (Å²) in [5.74, 6) is -0.149. The molecule has 0 radical (unpaired) electrons. The van der Waals surface area contributed by atoms with Gasteiger partial charge in [0, 0.05) is 37.8 Å². The first kappa shape index (κ1) is 21.3. The van der Waals surface area contributed by atoms with E-state index in [0.717, 1.165) is 12.8 Å². The van der Waals surface area contributed by atoms with Gasteiger partial charge in [0.25, 0.3) is 0 Å². The quantitative estimate of drug-likeness (QED) is 0.782. The summed E-state index contributed by atoms with van der Waals surface area (Å²) >= 11 is 0. The summed E-state index contributed by atoms with van der Waals surface area (Å²) in [5, 5.41) is 12.6. The highest BCUT2D eigenvalue weighted by molar-refractivity contribution is 5.86. The van der Waals surface area contributed by atoms with Gasteiger partial charge in [-0.15, -0.1) is 0 Å². The van der Waals surface area contributed by atoms with Crippen molar-refractivity contribution < 1.29 is 19.5 Å². The highest BCUT2D eigenvalue weighted by atomic mass is 16.4. The molecule has 0 aromatic rings. The van der Waals surface area contributed by atoms with E-state index in [4.69, 9.17) is 0 Å². The number of nitrogens with one attached hydrogen (secondary N) is 1. The second-order valence-corrected chi connectivity index (χ2v) is 9.57. The molecule has 0 saturated carbocycles. The Bertz CT molecular complexity index is 585. The molecule has 2 saturated heterocycles. The van der Waals surface area contributed by atoms with Crippen LogP contribution >= 0.6 is 0 Å². The molecule has 2 rings (SSSR count). The van der Waals surface area contributed by atoms with Crippen LogP contribution in [0.5, 0.6) is 0 Å². The second kappa shape index (κ2) is 7.56. The molecule has 2 fully saturated rings. The number of piperidine rings is 1. The van der Waals surface area contributed by atoms with E-state index in [9.17, 15) is 19.5 Å². The van der Waals surface area contributed by atoms with Crippen molar-refractivity contribution in [2.75, 3.05) is 26.2 Å². The Morgan fingerprint density at radius 3 is 2.04 bits per heavy atom. The van der Waals surface area contributed by atoms with E-state index in [1.165, 1.54) is 4.90 Å². The van der Waals surface area contributed by atoms with E-state index in [1.807, 2.05) is 46.4 Å². The smallest absolute Gasteiger partial charge is 0.408 e. The Balaban J connectivity index is 2.15. The van der Waals surface area contributed by atoms with Crippen molar-refractivity contribution in [3.8, 4) is 0 Å². The van der Waals surface area contributed by atoms with Gasteiger partial charge in [-0.1, -0.05) is 20.8 Å². The Morgan fingerprint density at radius 1 is 1.11 bits per heavy atom. The van der Waals surface area contributed by atoms with E-state index < -0.39 is 23.1 Å². The molecule has 0 unspecified atom stereocenters. The Kier molecular flexibility index (Phi) is 5.97. The Hall–Kier alpha value is -1.99. The largest absolute Gasteiger partial charge is 0.465 e. The minimum Gasteiger partial charge on any atom is -0.465 e. The van der Waals surface area contributed by atoms with E-state index in [1.54, 1.807) is 4.90 Å². The van der Waals surface area contributed by atoms with Crippen LogP contribution in [-0.2, 0) is 4.79 Å². The minimum atomic E-state index is -1.08. The third-order valence-electron chi connectivity index (χ3n) is 5.35. The Morgan fingerprint density at radius 2 is 1.67 bits per heavy atom. The number of carbonyl (C=O) groups excluding carboxylic acids is 2. The molecule has 2 heterocycles. The summed E-state index contributed by atoms with van der Waals surface area (Å²) in [6.07, 6.45) is 0.358. The van der Waals surface area contributed by atoms with Gasteiger partial charge in [0.2, 0.25) is 5.91 Å². The molecule has 4 amide bonds. The molecule has 2 aliphatic rings. The van der Waals surface area contributed by atoms with Gasteiger partial charge in [0.05, 0.1) is 0 Å². The lowest BCUT2D eigenvalue weighted by molar-refractivity contribution is -0.144. The SMILES string of the molecule is CC(C)(C)[C@H](C(=O)N1CCC(N2CCNC2=O)CC1)N(C(=O)O)C(C)(C)C. The third-order valence-corrected chi connectivity index (χ3v) is 5.35. The zero-order valence-corrected chi connectivity index (χ0v) is 17.4. The molecule has 8 heteroatoms. The van der Waals surface area contributed by atoms with E-state index in [0.29, 0.717) is 26.2 Å². The summed E-state index contributed by atoms with van der Waals surface area (Å²) in [6.45, 7) is 13.6. The minimum absolute atomic E-state index is 0.0304. The number of carboxylic acid groups (broad SMARTS) is 1. The van der Waals surface area contributed by atoms with Gasteiger partial charge < -0.3 is 20.2 Å². The van der Waals surface area contributed by atoms with Crippen molar-refractivity contribution in [1.29, 1.82) is 0 Å². The van der Waals surface area contributed by atoms with Gasteiger partial charge >= 0.3 is 12.1 Å². The first-order valence-electron chi connectivity index (χ1n) is 9.69. The molecule has 0 aromatic carbocycles. The second-order valence-electron chi connectivity index (χ2n) is 9.57.